The Morgan fingerprint density at radius 1 is 1.03 bits per heavy atom. The average Bonchev–Trinajstić information content (AvgIpc) is 2.72. The molecule has 0 aliphatic heterocycles. The minimum atomic E-state index is -0.450. The lowest BCUT2D eigenvalue weighted by Gasteiger charge is -2.14. The number of rotatable bonds is 8. The van der Waals surface area contributed by atoms with Gasteiger partial charge in [-0.1, -0.05) is 18.2 Å². The van der Waals surface area contributed by atoms with E-state index < -0.39 is 5.97 Å². The molecule has 7 heteroatoms. The third kappa shape index (κ3) is 5.94. The third-order valence-electron chi connectivity index (χ3n) is 4.41. The Kier molecular flexibility index (Phi) is 7.07. The zero-order valence-corrected chi connectivity index (χ0v) is 17.6. The highest BCUT2D eigenvalue weighted by Crippen LogP contribution is 2.30. The number of H-pyrrole nitrogens is 1. The fraction of sp³-hybridized carbons (Fsp3) is 0.250. The van der Waals surface area contributed by atoms with Crippen molar-refractivity contribution in [3.05, 3.63) is 82.0 Å². The highest BCUT2D eigenvalue weighted by Gasteiger charge is 2.14. The van der Waals surface area contributed by atoms with Crippen LogP contribution in [-0.2, 0) is 16.1 Å². The number of ether oxygens (including phenoxy) is 3. The van der Waals surface area contributed by atoms with Crippen molar-refractivity contribution in [1.82, 2.24) is 4.98 Å². The number of hydrogen-bond acceptors (Lipinski definition) is 5. The molecule has 0 radical (unpaired) electrons. The van der Waals surface area contributed by atoms with Crippen LogP contribution in [0.1, 0.15) is 25.0 Å². The van der Waals surface area contributed by atoms with Gasteiger partial charge in [-0.25, -0.2) is 9.18 Å². The first-order chi connectivity index (χ1) is 14.8. The highest BCUT2D eigenvalue weighted by atomic mass is 19.1. The number of nitrogens with one attached hydrogen (secondary N) is 1. The number of pyridine rings is 1. The summed E-state index contributed by atoms with van der Waals surface area (Å²) in [6.45, 7) is 5.35. The highest BCUT2D eigenvalue weighted by molar-refractivity contribution is 5.72. The van der Waals surface area contributed by atoms with Gasteiger partial charge in [0.2, 0.25) is 0 Å². The molecule has 0 atom stereocenters. The third-order valence-corrected chi connectivity index (χ3v) is 4.41. The molecule has 0 saturated heterocycles. The molecule has 1 heterocycles. The van der Waals surface area contributed by atoms with Crippen LogP contribution in [0.4, 0.5) is 4.39 Å². The van der Waals surface area contributed by atoms with Gasteiger partial charge in [0.25, 0.3) is 5.56 Å². The Morgan fingerprint density at radius 2 is 1.77 bits per heavy atom. The number of carbonyl (C=O) groups is 1. The SMILES string of the molecule is Cc1cc(-c2c(OCc3ccc(F)cc3)cc[nH]c2=O)ccc1OCC(=O)OC(C)C. The van der Waals surface area contributed by atoms with Gasteiger partial charge in [-0.3, -0.25) is 4.79 Å². The zero-order chi connectivity index (χ0) is 22.4. The van der Waals surface area contributed by atoms with Gasteiger partial charge in [0.1, 0.15) is 23.9 Å². The minimum Gasteiger partial charge on any atom is -0.488 e. The molecule has 0 saturated carbocycles. The van der Waals surface area contributed by atoms with Gasteiger partial charge in [0, 0.05) is 6.20 Å². The fourth-order valence-electron chi connectivity index (χ4n) is 3.00. The van der Waals surface area contributed by atoms with Crippen LogP contribution in [0.5, 0.6) is 11.5 Å². The standard InChI is InChI=1S/C24H24FNO5/c1-15(2)31-22(27)14-30-20-9-6-18(12-16(20)3)23-21(10-11-26-24(23)28)29-13-17-4-7-19(25)8-5-17/h4-12,15H,13-14H2,1-3H3,(H,26,28). The van der Waals surface area contributed by atoms with E-state index in [1.54, 1.807) is 50.2 Å². The molecule has 3 rings (SSSR count). The van der Waals surface area contributed by atoms with Crippen molar-refractivity contribution in [2.24, 2.45) is 0 Å². The van der Waals surface area contributed by atoms with Crippen LogP contribution in [0.2, 0.25) is 0 Å². The number of aromatic amines is 1. The summed E-state index contributed by atoms with van der Waals surface area (Å²) in [6, 6.07) is 12.9. The summed E-state index contributed by atoms with van der Waals surface area (Å²) in [5.74, 6) is 0.151. The van der Waals surface area contributed by atoms with Gasteiger partial charge in [0.05, 0.1) is 11.7 Å². The Labute approximate surface area is 179 Å². The molecule has 0 amide bonds. The van der Waals surface area contributed by atoms with Crippen LogP contribution in [0.15, 0.2) is 59.5 Å². The average molecular weight is 425 g/mol. The first kappa shape index (κ1) is 22.1. The first-order valence-electron chi connectivity index (χ1n) is 9.85. The van der Waals surface area contributed by atoms with E-state index in [1.807, 2.05) is 6.92 Å². The van der Waals surface area contributed by atoms with Gasteiger partial charge >= 0.3 is 5.97 Å². The Balaban J connectivity index is 1.79. The van der Waals surface area contributed by atoms with Crippen molar-refractivity contribution >= 4 is 5.97 Å². The van der Waals surface area contributed by atoms with E-state index >= 15 is 0 Å². The van der Waals surface area contributed by atoms with E-state index in [4.69, 9.17) is 14.2 Å². The number of aryl methyl sites for hydroxylation is 1. The molecular formula is C24H24FNO5. The van der Waals surface area contributed by atoms with E-state index in [1.165, 1.54) is 18.3 Å². The summed E-state index contributed by atoms with van der Waals surface area (Å²) in [5, 5.41) is 0. The molecular weight excluding hydrogens is 401 g/mol. The van der Waals surface area contributed by atoms with Crippen molar-refractivity contribution in [3.8, 4) is 22.6 Å². The van der Waals surface area contributed by atoms with Crippen LogP contribution in [0.25, 0.3) is 11.1 Å². The van der Waals surface area contributed by atoms with Gasteiger partial charge in [-0.15, -0.1) is 0 Å². The normalized spacial score (nSPS) is 10.7. The molecule has 1 aromatic heterocycles. The van der Waals surface area contributed by atoms with Crippen molar-refractivity contribution < 1.29 is 23.4 Å². The summed E-state index contributed by atoms with van der Waals surface area (Å²) in [4.78, 5) is 26.9. The van der Waals surface area contributed by atoms with E-state index in [2.05, 4.69) is 4.98 Å². The number of aromatic nitrogens is 1. The monoisotopic (exact) mass is 425 g/mol. The molecule has 0 bridgehead atoms. The number of halogens is 1. The van der Waals surface area contributed by atoms with Crippen molar-refractivity contribution in [3.63, 3.8) is 0 Å². The van der Waals surface area contributed by atoms with E-state index in [0.29, 0.717) is 22.6 Å². The predicted octanol–water partition coefficient (Wildman–Crippen LogP) is 4.40. The topological polar surface area (TPSA) is 77.6 Å². The molecule has 31 heavy (non-hydrogen) atoms. The molecule has 0 fully saturated rings. The summed E-state index contributed by atoms with van der Waals surface area (Å²) >= 11 is 0. The second kappa shape index (κ2) is 9.93. The molecule has 0 aliphatic rings. The molecule has 0 spiro atoms. The van der Waals surface area contributed by atoms with Crippen molar-refractivity contribution in [2.75, 3.05) is 6.61 Å². The Hall–Kier alpha value is -3.61. The maximum absolute atomic E-state index is 13.1. The number of esters is 1. The van der Waals surface area contributed by atoms with E-state index in [-0.39, 0.29) is 30.7 Å². The molecule has 1 N–H and O–H groups in total. The second-order valence-corrected chi connectivity index (χ2v) is 7.27. The maximum atomic E-state index is 13.1. The molecule has 0 unspecified atom stereocenters. The molecule has 6 nitrogen and oxygen atoms in total. The molecule has 162 valence electrons. The lowest BCUT2D eigenvalue weighted by Crippen LogP contribution is -2.19. The maximum Gasteiger partial charge on any atom is 0.344 e. The van der Waals surface area contributed by atoms with Crippen LogP contribution < -0.4 is 15.0 Å². The van der Waals surface area contributed by atoms with E-state index in [0.717, 1.165) is 11.1 Å². The number of carbonyl (C=O) groups excluding carboxylic acids is 1. The fourth-order valence-corrected chi connectivity index (χ4v) is 3.00. The minimum absolute atomic E-state index is 0.189. The van der Waals surface area contributed by atoms with Crippen molar-refractivity contribution in [1.29, 1.82) is 0 Å². The lowest BCUT2D eigenvalue weighted by molar-refractivity contribution is -0.149. The smallest absolute Gasteiger partial charge is 0.344 e. The van der Waals surface area contributed by atoms with Gasteiger partial charge < -0.3 is 19.2 Å². The summed E-state index contributed by atoms with van der Waals surface area (Å²) in [7, 11) is 0. The molecule has 2 aromatic carbocycles. The summed E-state index contributed by atoms with van der Waals surface area (Å²) in [6.07, 6.45) is 1.30. The Bertz CT molecular complexity index is 1110. The molecule has 0 aliphatic carbocycles. The first-order valence-corrected chi connectivity index (χ1v) is 9.85. The van der Waals surface area contributed by atoms with Gasteiger partial charge in [-0.2, -0.15) is 0 Å². The summed E-state index contributed by atoms with van der Waals surface area (Å²) < 4.78 is 29.5. The van der Waals surface area contributed by atoms with Crippen molar-refractivity contribution in [2.45, 2.75) is 33.5 Å². The molecule has 3 aromatic rings. The largest absolute Gasteiger partial charge is 0.488 e. The zero-order valence-electron chi connectivity index (χ0n) is 17.6. The quantitative estimate of drug-likeness (QED) is 0.542. The van der Waals surface area contributed by atoms with Gasteiger partial charge in [0.15, 0.2) is 6.61 Å². The van der Waals surface area contributed by atoms with Crippen LogP contribution in [0, 0.1) is 12.7 Å². The lowest BCUT2D eigenvalue weighted by atomic mass is 10.0. The van der Waals surface area contributed by atoms with Crippen LogP contribution >= 0.6 is 0 Å². The van der Waals surface area contributed by atoms with Gasteiger partial charge in [-0.05, 0) is 67.8 Å². The number of benzene rings is 2. The summed E-state index contributed by atoms with van der Waals surface area (Å²) in [5.41, 5.74) is 2.25. The Morgan fingerprint density at radius 3 is 2.45 bits per heavy atom. The van der Waals surface area contributed by atoms with Crippen LogP contribution in [-0.4, -0.2) is 23.7 Å². The second-order valence-electron chi connectivity index (χ2n) is 7.27. The number of hydrogen-bond donors (Lipinski definition) is 1. The van der Waals surface area contributed by atoms with E-state index in [9.17, 15) is 14.0 Å². The van der Waals surface area contributed by atoms with Crippen LogP contribution in [0.3, 0.4) is 0 Å². The predicted molar refractivity (Wildman–Crippen MR) is 115 cm³/mol.